The van der Waals surface area contributed by atoms with Crippen molar-refractivity contribution in [2.24, 2.45) is 0 Å². The molecule has 1 aromatic heterocycles. The predicted molar refractivity (Wildman–Crippen MR) is 73.3 cm³/mol. The summed E-state index contributed by atoms with van der Waals surface area (Å²) in [6.07, 6.45) is 0. The SMILES string of the molecule is Cc1ccc(CNC(=O)c2cc(O)ccc2Cl)s1. The minimum absolute atomic E-state index is 0.0246. The Kier molecular flexibility index (Phi) is 3.89. The molecule has 0 atom stereocenters. The Hall–Kier alpha value is -1.52. The van der Waals surface area contributed by atoms with Crippen LogP contribution in [0.3, 0.4) is 0 Å². The Morgan fingerprint density at radius 2 is 2.17 bits per heavy atom. The van der Waals surface area contributed by atoms with Crippen LogP contribution < -0.4 is 5.32 Å². The Balaban J connectivity index is 2.05. The maximum absolute atomic E-state index is 11.9. The minimum atomic E-state index is -0.290. The summed E-state index contributed by atoms with van der Waals surface area (Å²) in [6, 6.07) is 8.29. The van der Waals surface area contributed by atoms with Crippen molar-refractivity contribution in [3.8, 4) is 5.75 Å². The molecule has 0 aliphatic rings. The number of phenolic OH excluding ortho intramolecular Hbond substituents is 1. The van der Waals surface area contributed by atoms with Gasteiger partial charge in [0.1, 0.15) is 5.75 Å². The van der Waals surface area contributed by atoms with E-state index in [2.05, 4.69) is 5.32 Å². The Bertz CT molecular complexity index is 580. The molecule has 2 rings (SSSR count). The van der Waals surface area contributed by atoms with E-state index >= 15 is 0 Å². The highest BCUT2D eigenvalue weighted by Gasteiger charge is 2.11. The fourth-order valence-corrected chi connectivity index (χ4v) is 2.56. The summed E-state index contributed by atoms with van der Waals surface area (Å²) < 4.78 is 0. The number of nitrogens with one attached hydrogen (secondary N) is 1. The molecular weight excluding hydrogens is 270 g/mol. The molecule has 0 saturated heterocycles. The molecule has 0 saturated carbocycles. The van der Waals surface area contributed by atoms with Crippen molar-refractivity contribution < 1.29 is 9.90 Å². The molecule has 3 nitrogen and oxygen atoms in total. The highest BCUT2D eigenvalue weighted by Crippen LogP contribution is 2.21. The van der Waals surface area contributed by atoms with E-state index in [4.69, 9.17) is 11.6 Å². The van der Waals surface area contributed by atoms with Crippen molar-refractivity contribution in [3.05, 3.63) is 50.7 Å². The monoisotopic (exact) mass is 281 g/mol. The average molecular weight is 282 g/mol. The maximum atomic E-state index is 11.9. The van der Waals surface area contributed by atoms with Gasteiger partial charge in [-0.25, -0.2) is 0 Å². The van der Waals surface area contributed by atoms with Crippen molar-refractivity contribution in [1.82, 2.24) is 5.32 Å². The summed E-state index contributed by atoms with van der Waals surface area (Å²) in [5.74, 6) is -0.265. The van der Waals surface area contributed by atoms with Gasteiger partial charge in [0.2, 0.25) is 0 Å². The van der Waals surface area contributed by atoms with Crippen LogP contribution in [-0.4, -0.2) is 11.0 Å². The zero-order chi connectivity index (χ0) is 13.1. The second-order valence-electron chi connectivity index (χ2n) is 3.86. The lowest BCUT2D eigenvalue weighted by Crippen LogP contribution is -2.22. The first-order chi connectivity index (χ1) is 8.56. The van der Waals surface area contributed by atoms with Crippen LogP contribution in [0.1, 0.15) is 20.1 Å². The summed E-state index contributed by atoms with van der Waals surface area (Å²) in [7, 11) is 0. The molecule has 1 aromatic carbocycles. The van der Waals surface area contributed by atoms with E-state index < -0.39 is 0 Å². The second-order valence-corrected chi connectivity index (χ2v) is 5.64. The fraction of sp³-hybridized carbons (Fsp3) is 0.154. The molecule has 0 unspecified atom stereocenters. The van der Waals surface area contributed by atoms with Gasteiger partial charge in [0.25, 0.3) is 5.91 Å². The predicted octanol–water partition coefficient (Wildman–Crippen LogP) is 3.35. The fourth-order valence-electron chi connectivity index (χ4n) is 1.53. The topological polar surface area (TPSA) is 49.3 Å². The molecule has 0 aliphatic heterocycles. The van der Waals surface area contributed by atoms with E-state index in [1.807, 2.05) is 19.1 Å². The zero-order valence-corrected chi connectivity index (χ0v) is 11.3. The van der Waals surface area contributed by atoms with Crippen LogP contribution >= 0.6 is 22.9 Å². The lowest BCUT2D eigenvalue weighted by atomic mass is 10.2. The molecular formula is C13H12ClNO2S. The van der Waals surface area contributed by atoms with E-state index in [1.165, 1.54) is 23.1 Å². The first kappa shape index (κ1) is 12.9. The Labute approximate surface area is 114 Å². The van der Waals surface area contributed by atoms with Gasteiger partial charge in [0, 0.05) is 9.75 Å². The number of phenols is 1. The van der Waals surface area contributed by atoms with Gasteiger partial charge in [0.15, 0.2) is 0 Å². The maximum Gasteiger partial charge on any atom is 0.253 e. The number of rotatable bonds is 3. The highest BCUT2D eigenvalue weighted by molar-refractivity contribution is 7.11. The summed E-state index contributed by atoms with van der Waals surface area (Å²) in [5.41, 5.74) is 0.282. The van der Waals surface area contributed by atoms with Crippen molar-refractivity contribution in [2.75, 3.05) is 0 Å². The van der Waals surface area contributed by atoms with E-state index in [0.29, 0.717) is 11.6 Å². The summed E-state index contributed by atoms with van der Waals surface area (Å²) in [4.78, 5) is 14.2. The van der Waals surface area contributed by atoms with Crippen molar-refractivity contribution in [1.29, 1.82) is 0 Å². The number of hydrogen-bond acceptors (Lipinski definition) is 3. The van der Waals surface area contributed by atoms with Crippen LogP contribution in [-0.2, 0) is 6.54 Å². The van der Waals surface area contributed by atoms with E-state index in [1.54, 1.807) is 11.3 Å². The van der Waals surface area contributed by atoms with Gasteiger partial charge in [0.05, 0.1) is 17.1 Å². The standard InChI is InChI=1S/C13H12ClNO2S/c1-8-2-4-10(18-8)7-15-13(17)11-6-9(16)3-5-12(11)14/h2-6,16H,7H2,1H3,(H,15,17). The van der Waals surface area contributed by atoms with Crippen LogP contribution in [0.4, 0.5) is 0 Å². The normalized spacial score (nSPS) is 10.3. The number of carbonyl (C=O) groups excluding carboxylic acids is 1. The average Bonchev–Trinajstić information content (AvgIpc) is 2.75. The molecule has 0 radical (unpaired) electrons. The molecule has 94 valence electrons. The molecule has 0 aliphatic carbocycles. The number of benzene rings is 1. The molecule has 1 heterocycles. The minimum Gasteiger partial charge on any atom is -0.508 e. The second kappa shape index (κ2) is 5.42. The number of hydrogen-bond donors (Lipinski definition) is 2. The molecule has 2 aromatic rings. The molecule has 18 heavy (non-hydrogen) atoms. The molecule has 0 spiro atoms. The largest absolute Gasteiger partial charge is 0.508 e. The van der Waals surface area contributed by atoms with Crippen LogP contribution in [0.5, 0.6) is 5.75 Å². The van der Waals surface area contributed by atoms with E-state index in [-0.39, 0.29) is 17.2 Å². The molecule has 1 amide bonds. The third kappa shape index (κ3) is 3.03. The number of aromatic hydroxyl groups is 1. The van der Waals surface area contributed by atoms with E-state index in [9.17, 15) is 9.90 Å². The zero-order valence-electron chi connectivity index (χ0n) is 9.74. The Morgan fingerprint density at radius 1 is 1.39 bits per heavy atom. The van der Waals surface area contributed by atoms with Gasteiger partial charge >= 0.3 is 0 Å². The highest BCUT2D eigenvalue weighted by atomic mass is 35.5. The summed E-state index contributed by atoms with van der Waals surface area (Å²) in [6.45, 7) is 2.48. The van der Waals surface area contributed by atoms with Crippen molar-refractivity contribution in [3.63, 3.8) is 0 Å². The quantitative estimate of drug-likeness (QED) is 0.906. The molecule has 2 N–H and O–H groups in total. The van der Waals surface area contributed by atoms with Crippen LogP contribution in [0.2, 0.25) is 5.02 Å². The van der Waals surface area contributed by atoms with E-state index in [0.717, 1.165) is 4.88 Å². The summed E-state index contributed by atoms with van der Waals surface area (Å²) in [5, 5.41) is 12.4. The Morgan fingerprint density at radius 3 is 2.83 bits per heavy atom. The number of thiophene rings is 1. The van der Waals surface area contributed by atoms with Gasteiger partial charge in [-0.05, 0) is 37.3 Å². The smallest absolute Gasteiger partial charge is 0.253 e. The van der Waals surface area contributed by atoms with Crippen molar-refractivity contribution >= 4 is 28.8 Å². The first-order valence-electron chi connectivity index (χ1n) is 5.38. The number of aryl methyl sites for hydroxylation is 1. The number of carbonyl (C=O) groups is 1. The van der Waals surface area contributed by atoms with Gasteiger partial charge < -0.3 is 10.4 Å². The van der Waals surface area contributed by atoms with Crippen LogP contribution in [0.15, 0.2) is 30.3 Å². The molecule has 0 bridgehead atoms. The van der Waals surface area contributed by atoms with Gasteiger partial charge in [-0.3, -0.25) is 4.79 Å². The lowest BCUT2D eigenvalue weighted by molar-refractivity contribution is 0.0951. The van der Waals surface area contributed by atoms with Crippen LogP contribution in [0, 0.1) is 6.92 Å². The number of amides is 1. The molecule has 5 heteroatoms. The first-order valence-corrected chi connectivity index (χ1v) is 6.58. The number of halogens is 1. The van der Waals surface area contributed by atoms with Crippen molar-refractivity contribution in [2.45, 2.75) is 13.5 Å². The van der Waals surface area contributed by atoms with Gasteiger partial charge in [-0.1, -0.05) is 11.6 Å². The lowest BCUT2D eigenvalue weighted by Gasteiger charge is -2.06. The van der Waals surface area contributed by atoms with Gasteiger partial charge in [-0.15, -0.1) is 11.3 Å². The third-order valence-electron chi connectivity index (χ3n) is 2.41. The van der Waals surface area contributed by atoms with Crippen LogP contribution in [0.25, 0.3) is 0 Å². The van der Waals surface area contributed by atoms with Gasteiger partial charge in [-0.2, -0.15) is 0 Å². The molecule has 0 fully saturated rings. The third-order valence-corrected chi connectivity index (χ3v) is 3.74. The summed E-state index contributed by atoms with van der Waals surface area (Å²) >= 11 is 7.54.